The number of urea groups is 1. The summed E-state index contributed by atoms with van der Waals surface area (Å²) in [5.41, 5.74) is 11.1. The summed E-state index contributed by atoms with van der Waals surface area (Å²) in [6.07, 6.45) is 0. The summed E-state index contributed by atoms with van der Waals surface area (Å²) < 4.78 is 0. The Bertz CT molecular complexity index is 312. The Hall–Kier alpha value is -1.55. The van der Waals surface area contributed by atoms with Gasteiger partial charge in [-0.15, -0.1) is 0 Å². The van der Waals surface area contributed by atoms with E-state index in [9.17, 15) is 4.79 Å². The minimum Gasteiger partial charge on any atom is -0.352 e. The molecule has 1 unspecified atom stereocenters. The van der Waals surface area contributed by atoms with Crippen LogP contribution in [0.5, 0.6) is 0 Å². The van der Waals surface area contributed by atoms with Crippen LogP contribution in [-0.4, -0.2) is 12.6 Å². The first kappa shape index (κ1) is 10.5. The van der Waals surface area contributed by atoms with Gasteiger partial charge < -0.3 is 16.8 Å². The summed E-state index contributed by atoms with van der Waals surface area (Å²) >= 11 is 0. The average molecular weight is 193 g/mol. The maximum atomic E-state index is 10.8. The van der Waals surface area contributed by atoms with Crippen molar-refractivity contribution in [1.82, 2.24) is 5.32 Å². The highest BCUT2D eigenvalue weighted by molar-refractivity contribution is 5.73. The summed E-state index contributed by atoms with van der Waals surface area (Å²) in [7, 11) is 0. The van der Waals surface area contributed by atoms with Gasteiger partial charge in [0.05, 0.1) is 5.54 Å². The normalized spacial score (nSPS) is 14.4. The Labute approximate surface area is 83.3 Å². The third-order valence-electron chi connectivity index (χ3n) is 2.22. The van der Waals surface area contributed by atoms with E-state index in [1.165, 1.54) is 0 Å². The van der Waals surface area contributed by atoms with Crippen molar-refractivity contribution in [2.24, 2.45) is 11.5 Å². The lowest BCUT2D eigenvalue weighted by Gasteiger charge is -2.28. The SMILES string of the molecule is CC(CN)(NC(N)=O)c1ccccc1. The molecule has 14 heavy (non-hydrogen) atoms. The number of nitrogens with two attached hydrogens (primary N) is 2. The third kappa shape index (κ3) is 2.23. The highest BCUT2D eigenvalue weighted by Crippen LogP contribution is 2.18. The van der Waals surface area contributed by atoms with Crippen LogP contribution in [0.4, 0.5) is 4.79 Å². The van der Waals surface area contributed by atoms with Crippen molar-refractivity contribution in [3.8, 4) is 0 Å². The van der Waals surface area contributed by atoms with Gasteiger partial charge in [-0.05, 0) is 12.5 Å². The minimum atomic E-state index is -0.590. The van der Waals surface area contributed by atoms with Crippen LogP contribution in [0.3, 0.4) is 0 Å². The molecule has 1 atom stereocenters. The van der Waals surface area contributed by atoms with Crippen LogP contribution in [0.2, 0.25) is 0 Å². The van der Waals surface area contributed by atoms with Gasteiger partial charge in [0.1, 0.15) is 0 Å². The molecule has 0 aliphatic rings. The van der Waals surface area contributed by atoms with E-state index in [1.54, 1.807) is 0 Å². The number of hydrogen-bond donors (Lipinski definition) is 3. The Morgan fingerprint density at radius 1 is 1.43 bits per heavy atom. The van der Waals surface area contributed by atoms with Gasteiger partial charge in [-0.25, -0.2) is 4.79 Å². The predicted octanol–water partition coefficient (Wildman–Crippen LogP) is 0.529. The molecule has 5 N–H and O–H groups in total. The van der Waals surface area contributed by atoms with E-state index in [4.69, 9.17) is 11.5 Å². The zero-order chi connectivity index (χ0) is 10.6. The number of nitrogens with one attached hydrogen (secondary N) is 1. The van der Waals surface area contributed by atoms with E-state index in [-0.39, 0.29) is 0 Å². The Morgan fingerprint density at radius 3 is 2.43 bits per heavy atom. The molecule has 1 aromatic rings. The van der Waals surface area contributed by atoms with E-state index in [1.807, 2.05) is 37.3 Å². The maximum absolute atomic E-state index is 10.8. The highest BCUT2D eigenvalue weighted by Gasteiger charge is 2.25. The van der Waals surface area contributed by atoms with Crippen LogP contribution in [0.25, 0.3) is 0 Å². The molecule has 0 heterocycles. The lowest BCUT2D eigenvalue weighted by molar-refractivity contribution is 0.236. The standard InChI is InChI=1S/C10H15N3O/c1-10(7-11,13-9(12)14)8-5-3-2-4-6-8/h2-6H,7,11H2,1H3,(H3,12,13,14). The van der Waals surface area contributed by atoms with Crippen molar-refractivity contribution in [3.05, 3.63) is 35.9 Å². The van der Waals surface area contributed by atoms with E-state index in [0.29, 0.717) is 6.54 Å². The van der Waals surface area contributed by atoms with Gasteiger partial charge in [-0.3, -0.25) is 0 Å². The number of amides is 2. The first-order valence-electron chi connectivity index (χ1n) is 4.42. The summed E-state index contributed by atoms with van der Waals surface area (Å²) in [6.45, 7) is 2.15. The van der Waals surface area contributed by atoms with E-state index < -0.39 is 11.6 Å². The second-order valence-corrected chi connectivity index (χ2v) is 3.39. The zero-order valence-electron chi connectivity index (χ0n) is 8.16. The van der Waals surface area contributed by atoms with Crippen LogP contribution in [-0.2, 0) is 5.54 Å². The smallest absolute Gasteiger partial charge is 0.312 e. The van der Waals surface area contributed by atoms with Crippen LogP contribution in [0, 0.1) is 0 Å². The van der Waals surface area contributed by atoms with Crippen molar-refractivity contribution >= 4 is 6.03 Å². The van der Waals surface area contributed by atoms with Crippen LogP contribution in [0.15, 0.2) is 30.3 Å². The molecule has 0 bridgehead atoms. The van der Waals surface area contributed by atoms with Crippen LogP contribution >= 0.6 is 0 Å². The number of carbonyl (C=O) groups is 1. The zero-order valence-corrected chi connectivity index (χ0v) is 8.16. The Kier molecular flexibility index (Phi) is 3.09. The van der Waals surface area contributed by atoms with Crippen molar-refractivity contribution in [2.45, 2.75) is 12.5 Å². The maximum Gasteiger partial charge on any atom is 0.312 e. The van der Waals surface area contributed by atoms with Gasteiger partial charge in [0.2, 0.25) is 0 Å². The fourth-order valence-electron chi connectivity index (χ4n) is 1.32. The third-order valence-corrected chi connectivity index (χ3v) is 2.22. The summed E-state index contributed by atoms with van der Waals surface area (Å²) in [4.78, 5) is 10.8. The monoisotopic (exact) mass is 193 g/mol. The average Bonchev–Trinajstić information content (AvgIpc) is 2.18. The molecule has 0 spiro atoms. The quantitative estimate of drug-likeness (QED) is 0.654. The van der Waals surface area contributed by atoms with E-state index in [0.717, 1.165) is 5.56 Å². The Morgan fingerprint density at radius 2 is 2.00 bits per heavy atom. The molecule has 0 saturated carbocycles. The molecule has 0 aromatic heterocycles. The lowest BCUT2D eigenvalue weighted by Crippen LogP contribution is -2.50. The molecule has 4 heteroatoms. The van der Waals surface area contributed by atoms with Crippen LogP contribution < -0.4 is 16.8 Å². The second kappa shape index (κ2) is 4.11. The van der Waals surface area contributed by atoms with Crippen molar-refractivity contribution in [1.29, 1.82) is 0 Å². The molecule has 0 fully saturated rings. The minimum absolute atomic E-state index is 0.306. The largest absolute Gasteiger partial charge is 0.352 e. The molecule has 0 aliphatic carbocycles. The molecular formula is C10H15N3O. The predicted molar refractivity (Wildman–Crippen MR) is 55.6 cm³/mol. The first-order chi connectivity index (χ1) is 6.58. The molecule has 0 radical (unpaired) electrons. The van der Waals surface area contributed by atoms with Crippen LogP contribution in [0.1, 0.15) is 12.5 Å². The lowest BCUT2D eigenvalue weighted by atomic mass is 9.92. The summed E-state index contributed by atoms with van der Waals surface area (Å²) in [6, 6.07) is 8.94. The number of primary amides is 1. The van der Waals surface area contributed by atoms with E-state index in [2.05, 4.69) is 5.32 Å². The molecule has 1 rings (SSSR count). The summed E-state index contributed by atoms with van der Waals surface area (Å²) in [5.74, 6) is 0. The van der Waals surface area contributed by atoms with Gasteiger partial charge in [0.15, 0.2) is 0 Å². The van der Waals surface area contributed by atoms with Gasteiger partial charge in [-0.2, -0.15) is 0 Å². The number of benzene rings is 1. The fourth-order valence-corrected chi connectivity index (χ4v) is 1.32. The molecule has 76 valence electrons. The van der Waals surface area contributed by atoms with Crippen molar-refractivity contribution < 1.29 is 4.79 Å². The van der Waals surface area contributed by atoms with Crippen molar-refractivity contribution in [2.75, 3.05) is 6.54 Å². The second-order valence-electron chi connectivity index (χ2n) is 3.39. The molecule has 2 amide bonds. The molecule has 4 nitrogen and oxygen atoms in total. The van der Waals surface area contributed by atoms with Gasteiger partial charge >= 0.3 is 6.03 Å². The van der Waals surface area contributed by atoms with Gasteiger partial charge in [-0.1, -0.05) is 30.3 Å². The summed E-state index contributed by atoms with van der Waals surface area (Å²) in [5, 5.41) is 2.64. The molecule has 0 aliphatic heterocycles. The topological polar surface area (TPSA) is 81.1 Å². The fraction of sp³-hybridized carbons (Fsp3) is 0.300. The first-order valence-corrected chi connectivity index (χ1v) is 4.42. The van der Waals surface area contributed by atoms with Gasteiger partial charge in [0, 0.05) is 6.54 Å². The molecule has 1 aromatic carbocycles. The Balaban J connectivity index is 2.95. The van der Waals surface area contributed by atoms with Gasteiger partial charge in [0.25, 0.3) is 0 Å². The van der Waals surface area contributed by atoms with E-state index >= 15 is 0 Å². The number of carbonyl (C=O) groups excluding carboxylic acids is 1. The van der Waals surface area contributed by atoms with Crippen molar-refractivity contribution in [3.63, 3.8) is 0 Å². The molecular weight excluding hydrogens is 178 g/mol. The number of rotatable bonds is 3. The number of hydrogen-bond acceptors (Lipinski definition) is 2. The molecule has 0 saturated heterocycles. The highest BCUT2D eigenvalue weighted by atomic mass is 16.2.